The average molecular weight is 230 g/mol. The Kier molecular flexibility index (Phi) is 2.78. The summed E-state index contributed by atoms with van der Waals surface area (Å²) in [5.74, 6) is -2.10. The van der Waals surface area contributed by atoms with Crippen molar-refractivity contribution in [2.45, 2.75) is 6.18 Å². The monoisotopic (exact) mass is 230 g/mol. The molecule has 0 spiro atoms. The lowest BCUT2D eigenvalue weighted by molar-refractivity contribution is -0.0885. The summed E-state index contributed by atoms with van der Waals surface area (Å²) in [6, 6.07) is 2.96. The number of ketones is 1. The molecular formula is C8HF3N2OS. The van der Waals surface area contributed by atoms with Gasteiger partial charge >= 0.3 is 6.18 Å². The Balaban J connectivity index is 3.31. The summed E-state index contributed by atoms with van der Waals surface area (Å²) in [7, 11) is 0. The van der Waals surface area contributed by atoms with Crippen LogP contribution in [-0.4, -0.2) is 12.0 Å². The number of hydrogen-bond donors (Lipinski definition) is 0. The van der Waals surface area contributed by atoms with Crippen molar-refractivity contribution < 1.29 is 18.0 Å². The number of alkyl halides is 3. The summed E-state index contributed by atoms with van der Waals surface area (Å²) < 4.78 is 36.1. The van der Waals surface area contributed by atoms with E-state index in [2.05, 4.69) is 0 Å². The van der Waals surface area contributed by atoms with Crippen LogP contribution < -0.4 is 0 Å². The summed E-state index contributed by atoms with van der Waals surface area (Å²) in [4.78, 5) is 10.6. The first-order valence-electron chi connectivity index (χ1n) is 3.45. The highest BCUT2D eigenvalue weighted by Gasteiger charge is 2.41. The minimum absolute atomic E-state index is 0.190. The van der Waals surface area contributed by atoms with E-state index in [4.69, 9.17) is 10.5 Å². The van der Waals surface area contributed by atoms with Gasteiger partial charge in [0, 0.05) is 5.38 Å². The van der Waals surface area contributed by atoms with Gasteiger partial charge in [0.25, 0.3) is 5.78 Å². The number of nitriles is 2. The Morgan fingerprint density at radius 2 is 1.93 bits per heavy atom. The predicted molar refractivity (Wildman–Crippen MR) is 44.1 cm³/mol. The van der Waals surface area contributed by atoms with Crippen LogP contribution in [0.1, 0.15) is 20.8 Å². The third kappa shape index (κ3) is 1.97. The maximum Gasteiger partial charge on any atom is 0.454 e. The minimum Gasteiger partial charge on any atom is -0.284 e. The first-order chi connectivity index (χ1) is 6.91. The van der Waals surface area contributed by atoms with E-state index in [-0.39, 0.29) is 4.88 Å². The SMILES string of the molecule is N#Cc1scc(C(=O)C(F)(F)F)c1C#N. The fraction of sp³-hybridized carbons (Fsp3) is 0.125. The summed E-state index contributed by atoms with van der Waals surface area (Å²) in [6.07, 6.45) is -5.03. The highest BCUT2D eigenvalue weighted by Crippen LogP contribution is 2.28. The van der Waals surface area contributed by atoms with Crippen molar-refractivity contribution in [2.24, 2.45) is 0 Å². The molecule has 1 heterocycles. The van der Waals surface area contributed by atoms with Gasteiger partial charge < -0.3 is 0 Å². The number of carbonyl (C=O) groups is 1. The van der Waals surface area contributed by atoms with Gasteiger partial charge in [-0.05, 0) is 0 Å². The molecule has 1 aromatic rings. The maximum atomic E-state index is 12.0. The van der Waals surface area contributed by atoms with Gasteiger partial charge in [-0.3, -0.25) is 4.79 Å². The molecule has 15 heavy (non-hydrogen) atoms. The van der Waals surface area contributed by atoms with Gasteiger partial charge in [0.1, 0.15) is 17.0 Å². The molecule has 0 aromatic carbocycles. The number of carbonyl (C=O) groups excluding carboxylic acids is 1. The zero-order valence-corrected chi connectivity index (χ0v) is 7.74. The van der Waals surface area contributed by atoms with Crippen LogP contribution in [0.2, 0.25) is 0 Å². The molecule has 0 fully saturated rings. The van der Waals surface area contributed by atoms with Crippen molar-refractivity contribution in [2.75, 3.05) is 0 Å². The number of hydrogen-bond acceptors (Lipinski definition) is 4. The molecule has 0 aliphatic rings. The number of Topliss-reactive ketones (excluding diaryl/α,β-unsaturated/α-hetero) is 1. The van der Waals surface area contributed by atoms with E-state index in [0.717, 1.165) is 5.38 Å². The van der Waals surface area contributed by atoms with Crippen molar-refractivity contribution in [3.8, 4) is 12.1 Å². The van der Waals surface area contributed by atoms with Crippen molar-refractivity contribution in [3.63, 3.8) is 0 Å². The van der Waals surface area contributed by atoms with Gasteiger partial charge in [0.2, 0.25) is 0 Å². The predicted octanol–water partition coefficient (Wildman–Crippen LogP) is 2.24. The molecule has 0 radical (unpaired) electrons. The van der Waals surface area contributed by atoms with Crippen molar-refractivity contribution in [3.05, 3.63) is 21.4 Å². The fourth-order valence-corrected chi connectivity index (χ4v) is 1.66. The molecule has 3 nitrogen and oxygen atoms in total. The quantitative estimate of drug-likeness (QED) is 0.695. The topological polar surface area (TPSA) is 64.7 Å². The largest absolute Gasteiger partial charge is 0.454 e. The summed E-state index contributed by atoms with van der Waals surface area (Å²) in [6.45, 7) is 0. The van der Waals surface area contributed by atoms with Crippen LogP contribution in [-0.2, 0) is 0 Å². The number of nitrogens with zero attached hydrogens (tertiary/aromatic N) is 2. The third-order valence-corrected chi connectivity index (χ3v) is 2.39. The first kappa shape index (κ1) is 11.2. The lowest BCUT2D eigenvalue weighted by Crippen LogP contribution is -2.23. The zero-order chi connectivity index (χ0) is 11.6. The van der Waals surface area contributed by atoms with Gasteiger partial charge in [-0.2, -0.15) is 23.7 Å². The molecule has 0 amide bonds. The normalized spacial score (nSPS) is 10.5. The second-order valence-electron chi connectivity index (χ2n) is 2.40. The molecule has 0 saturated carbocycles. The molecule has 0 aliphatic carbocycles. The first-order valence-corrected chi connectivity index (χ1v) is 4.33. The Morgan fingerprint density at radius 1 is 1.33 bits per heavy atom. The van der Waals surface area contributed by atoms with Crippen LogP contribution in [0.25, 0.3) is 0 Å². The summed E-state index contributed by atoms with van der Waals surface area (Å²) in [5.41, 5.74) is -1.27. The van der Waals surface area contributed by atoms with E-state index in [0.29, 0.717) is 11.3 Å². The lowest BCUT2D eigenvalue weighted by atomic mass is 10.1. The van der Waals surface area contributed by atoms with Gasteiger partial charge in [-0.25, -0.2) is 0 Å². The van der Waals surface area contributed by atoms with Crippen LogP contribution >= 0.6 is 11.3 Å². The van der Waals surface area contributed by atoms with E-state index >= 15 is 0 Å². The second kappa shape index (κ2) is 3.71. The van der Waals surface area contributed by atoms with Gasteiger partial charge in [0.15, 0.2) is 0 Å². The summed E-state index contributed by atoms with van der Waals surface area (Å²) >= 11 is 0.641. The molecular weight excluding hydrogens is 229 g/mol. The Hall–Kier alpha value is -1.86. The van der Waals surface area contributed by atoms with Crippen molar-refractivity contribution in [1.29, 1.82) is 10.5 Å². The van der Waals surface area contributed by atoms with E-state index in [9.17, 15) is 18.0 Å². The molecule has 0 unspecified atom stereocenters. The average Bonchev–Trinajstić information content (AvgIpc) is 2.57. The third-order valence-electron chi connectivity index (χ3n) is 1.51. The number of thiophene rings is 1. The van der Waals surface area contributed by atoms with Gasteiger partial charge in [0.05, 0.1) is 11.1 Å². The van der Waals surface area contributed by atoms with E-state index in [1.807, 2.05) is 0 Å². The molecule has 0 aliphatic heterocycles. The van der Waals surface area contributed by atoms with Crippen molar-refractivity contribution in [1.82, 2.24) is 0 Å². The molecule has 0 atom stereocenters. The Morgan fingerprint density at radius 3 is 2.33 bits per heavy atom. The standard InChI is InChI=1S/C8HF3N2OS/c9-8(10,11)7(14)5-3-15-6(2-13)4(5)1-12/h3H. The molecule has 76 valence electrons. The number of rotatable bonds is 1. The number of halogens is 3. The van der Waals surface area contributed by atoms with Crippen LogP contribution in [0.3, 0.4) is 0 Å². The fourth-order valence-electron chi connectivity index (χ4n) is 0.871. The molecule has 1 aromatic heterocycles. The summed E-state index contributed by atoms with van der Waals surface area (Å²) in [5, 5.41) is 17.9. The molecule has 7 heteroatoms. The maximum absolute atomic E-state index is 12.0. The molecule has 0 N–H and O–H groups in total. The molecule has 0 saturated heterocycles. The minimum atomic E-state index is -5.03. The van der Waals surface area contributed by atoms with E-state index in [1.165, 1.54) is 6.07 Å². The zero-order valence-electron chi connectivity index (χ0n) is 6.92. The lowest BCUT2D eigenvalue weighted by Gasteiger charge is -2.02. The van der Waals surface area contributed by atoms with Crippen LogP contribution in [0.5, 0.6) is 0 Å². The van der Waals surface area contributed by atoms with E-state index in [1.54, 1.807) is 6.07 Å². The van der Waals surface area contributed by atoms with Crippen LogP contribution in [0, 0.1) is 22.7 Å². The van der Waals surface area contributed by atoms with Gasteiger partial charge in [-0.15, -0.1) is 11.3 Å². The Labute approximate surface area is 86.0 Å². The molecule has 1 rings (SSSR count). The Bertz CT molecular complexity index is 489. The highest BCUT2D eigenvalue weighted by molar-refractivity contribution is 7.11. The second-order valence-corrected chi connectivity index (χ2v) is 3.28. The molecule has 0 bridgehead atoms. The van der Waals surface area contributed by atoms with Crippen LogP contribution in [0.15, 0.2) is 5.38 Å². The van der Waals surface area contributed by atoms with Crippen molar-refractivity contribution >= 4 is 17.1 Å². The van der Waals surface area contributed by atoms with Crippen LogP contribution in [0.4, 0.5) is 13.2 Å². The van der Waals surface area contributed by atoms with Gasteiger partial charge in [-0.1, -0.05) is 0 Å². The van der Waals surface area contributed by atoms with E-state index < -0.39 is 23.1 Å². The highest BCUT2D eigenvalue weighted by atomic mass is 32.1. The smallest absolute Gasteiger partial charge is 0.284 e.